The number of phenols is 1. The fourth-order valence-electron chi connectivity index (χ4n) is 2.38. The molecule has 0 spiro atoms. The summed E-state index contributed by atoms with van der Waals surface area (Å²) in [4.78, 5) is 17.6. The van der Waals surface area contributed by atoms with Crippen LogP contribution in [0.3, 0.4) is 0 Å². The van der Waals surface area contributed by atoms with Crippen molar-refractivity contribution in [2.24, 2.45) is 5.16 Å². The third-order valence-electron chi connectivity index (χ3n) is 3.70. The predicted octanol–water partition coefficient (Wildman–Crippen LogP) is 3.07. The molecule has 0 radical (unpaired) electrons. The Morgan fingerprint density at radius 2 is 2.00 bits per heavy atom. The lowest BCUT2D eigenvalue weighted by atomic mass is 10.0. The molecule has 0 aliphatic rings. The molecule has 0 bridgehead atoms. The second-order valence-electron chi connectivity index (χ2n) is 5.50. The topological polar surface area (TPSA) is 80.2 Å². The molecule has 136 valence electrons. The third-order valence-corrected chi connectivity index (χ3v) is 3.70. The summed E-state index contributed by atoms with van der Waals surface area (Å²) in [5, 5.41) is 16.2. The Kier molecular flexibility index (Phi) is 6.79. The molecule has 0 saturated heterocycles. The molecule has 0 aromatic heterocycles. The average molecular weight is 354 g/mol. The van der Waals surface area contributed by atoms with E-state index >= 15 is 0 Å². The number of carbonyl (C=O) groups excluding carboxylic acids is 1. The van der Waals surface area contributed by atoms with Gasteiger partial charge in [0, 0.05) is 18.2 Å². The first-order valence-corrected chi connectivity index (χ1v) is 8.06. The molecule has 2 N–H and O–H groups in total. The summed E-state index contributed by atoms with van der Waals surface area (Å²) in [5.41, 5.74) is 3.31. The van der Waals surface area contributed by atoms with Gasteiger partial charge in [0.15, 0.2) is 0 Å². The molecule has 0 fully saturated rings. The maximum atomic E-state index is 12.1. The summed E-state index contributed by atoms with van der Waals surface area (Å²) in [6.45, 7) is 1.98. The van der Waals surface area contributed by atoms with Gasteiger partial charge in [-0.05, 0) is 24.6 Å². The minimum atomic E-state index is -0.251. The molecule has 1 amide bonds. The molecule has 2 aromatic rings. The predicted molar refractivity (Wildman–Crippen MR) is 101 cm³/mol. The number of aromatic hydroxyl groups is 1. The van der Waals surface area contributed by atoms with Crippen LogP contribution in [0.1, 0.15) is 23.6 Å². The van der Waals surface area contributed by atoms with E-state index in [1.807, 2.05) is 30.3 Å². The van der Waals surface area contributed by atoms with Crippen molar-refractivity contribution in [1.82, 2.24) is 5.32 Å². The summed E-state index contributed by atoms with van der Waals surface area (Å²) in [6, 6.07) is 14.2. The zero-order chi connectivity index (χ0) is 18.9. The van der Waals surface area contributed by atoms with E-state index in [2.05, 4.69) is 10.5 Å². The van der Waals surface area contributed by atoms with Crippen LogP contribution >= 0.6 is 0 Å². The Morgan fingerprint density at radius 1 is 1.23 bits per heavy atom. The Morgan fingerprint density at radius 3 is 2.69 bits per heavy atom. The third kappa shape index (κ3) is 4.86. The van der Waals surface area contributed by atoms with Crippen LogP contribution in [0.5, 0.6) is 5.75 Å². The van der Waals surface area contributed by atoms with E-state index in [9.17, 15) is 9.90 Å². The number of nitrogens with zero attached hydrogens (tertiary/aromatic N) is 1. The summed E-state index contributed by atoms with van der Waals surface area (Å²) in [6.07, 6.45) is 1.40. The number of hydrogen-bond donors (Lipinski definition) is 2. The van der Waals surface area contributed by atoms with Gasteiger partial charge in [0.1, 0.15) is 12.4 Å². The van der Waals surface area contributed by atoms with Crippen molar-refractivity contribution in [2.75, 3.05) is 14.2 Å². The normalized spacial score (nSPS) is 11.8. The summed E-state index contributed by atoms with van der Waals surface area (Å²) >= 11 is 0. The molecule has 26 heavy (non-hydrogen) atoms. The van der Waals surface area contributed by atoms with Crippen LogP contribution in [0, 0.1) is 0 Å². The van der Waals surface area contributed by atoms with Gasteiger partial charge >= 0.3 is 0 Å². The molecule has 0 aliphatic heterocycles. The molecular weight excluding hydrogens is 332 g/mol. The van der Waals surface area contributed by atoms with Gasteiger partial charge in [0.2, 0.25) is 0 Å². The van der Waals surface area contributed by atoms with Crippen LogP contribution in [0.2, 0.25) is 0 Å². The fraction of sp³-hybridized carbons (Fsp3) is 0.200. The number of nitrogens with one attached hydrogen (secondary N) is 1. The molecule has 0 heterocycles. The highest BCUT2D eigenvalue weighted by atomic mass is 16.6. The molecule has 0 saturated carbocycles. The van der Waals surface area contributed by atoms with Gasteiger partial charge in [0.25, 0.3) is 5.91 Å². The second kappa shape index (κ2) is 9.27. The van der Waals surface area contributed by atoms with Gasteiger partial charge in [-0.3, -0.25) is 4.79 Å². The molecule has 6 nitrogen and oxygen atoms in total. The lowest BCUT2D eigenvalue weighted by molar-refractivity contribution is -0.115. The standard InChI is InChI=1S/C20H22N2O4/c1-14(15-8-6-9-17(23)11-15)22-26-12-16-7-4-5-10-18(16)19(13-25-3)20(24)21-2/h4-11,13,23H,12H2,1-3H3,(H,21,24)/b19-13+,22-14+. The van der Waals surface area contributed by atoms with Gasteiger partial charge in [-0.2, -0.15) is 0 Å². The van der Waals surface area contributed by atoms with Gasteiger partial charge in [-0.1, -0.05) is 41.6 Å². The Labute approximate surface area is 152 Å². The van der Waals surface area contributed by atoms with E-state index in [0.29, 0.717) is 16.8 Å². The SMILES string of the molecule is CNC(=O)/C(=C/OC)c1ccccc1CO/N=C(\C)c1cccc(O)c1. The van der Waals surface area contributed by atoms with Crippen LogP contribution in [-0.4, -0.2) is 30.9 Å². The molecular formula is C20H22N2O4. The monoisotopic (exact) mass is 354 g/mol. The zero-order valence-electron chi connectivity index (χ0n) is 15.0. The van der Waals surface area contributed by atoms with Crippen molar-refractivity contribution in [3.63, 3.8) is 0 Å². The van der Waals surface area contributed by atoms with Gasteiger partial charge in [0.05, 0.1) is 24.7 Å². The number of oxime groups is 1. The first-order chi connectivity index (χ1) is 12.6. The van der Waals surface area contributed by atoms with Crippen molar-refractivity contribution in [2.45, 2.75) is 13.5 Å². The highest BCUT2D eigenvalue weighted by Gasteiger charge is 2.15. The van der Waals surface area contributed by atoms with Crippen molar-refractivity contribution >= 4 is 17.2 Å². The molecule has 6 heteroatoms. The molecule has 0 unspecified atom stereocenters. The molecule has 2 rings (SSSR count). The highest BCUT2D eigenvalue weighted by Crippen LogP contribution is 2.21. The van der Waals surface area contributed by atoms with E-state index < -0.39 is 0 Å². The number of rotatable bonds is 7. The van der Waals surface area contributed by atoms with Crippen molar-refractivity contribution in [3.8, 4) is 5.75 Å². The Hall–Kier alpha value is -3.28. The maximum Gasteiger partial charge on any atom is 0.254 e. The summed E-state index contributed by atoms with van der Waals surface area (Å²) in [5.74, 6) is -0.0824. The quantitative estimate of drug-likeness (QED) is 0.347. The Bertz CT molecular complexity index is 828. The summed E-state index contributed by atoms with van der Waals surface area (Å²) < 4.78 is 5.03. The average Bonchev–Trinajstić information content (AvgIpc) is 2.66. The van der Waals surface area contributed by atoms with E-state index in [0.717, 1.165) is 11.1 Å². The minimum Gasteiger partial charge on any atom is -0.508 e. The lowest BCUT2D eigenvalue weighted by Gasteiger charge is -2.11. The van der Waals surface area contributed by atoms with Crippen LogP contribution in [-0.2, 0) is 21.0 Å². The van der Waals surface area contributed by atoms with Gasteiger partial charge < -0.3 is 20.0 Å². The van der Waals surface area contributed by atoms with Crippen LogP contribution in [0.15, 0.2) is 59.9 Å². The smallest absolute Gasteiger partial charge is 0.254 e. The first-order valence-electron chi connectivity index (χ1n) is 8.06. The van der Waals surface area contributed by atoms with Crippen LogP contribution < -0.4 is 5.32 Å². The number of ether oxygens (including phenoxy) is 1. The van der Waals surface area contributed by atoms with Crippen LogP contribution in [0.25, 0.3) is 5.57 Å². The van der Waals surface area contributed by atoms with Crippen molar-refractivity contribution in [1.29, 1.82) is 0 Å². The molecule has 0 atom stereocenters. The number of hydrogen-bond acceptors (Lipinski definition) is 5. The minimum absolute atomic E-state index is 0.169. The van der Waals surface area contributed by atoms with E-state index in [1.54, 1.807) is 32.2 Å². The van der Waals surface area contributed by atoms with Gasteiger partial charge in [-0.15, -0.1) is 0 Å². The number of amides is 1. The number of methoxy groups -OCH3 is 1. The highest BCUT2D eigenvalue weighted by molar-refractivity contribution is 6.19. The zero-order valence-corrected chi connectivity index (χ0v) is 15.0. The lowest BCUT2D eigenvalue weighted by Crippen LogP contribution is -2.20. The first kappa shape index (κ1) is 19.1. The van der Waals surface area contributed by atoms with E-state index in [-0.39, 0.29) is 18.3 Å². The molecule has 0 aliphatic carbocycles. The number of phenolic OH excluding ortho intramolecular Hbond substituents is 1. The maximum absolute atomic E-state index is 12.1. The number of likely N-dealkylation sites (N-methyl/N-ethyl adjacent to an activating group) is 1. The van der Waals surface area contributed by atoms with Crippen molar-refractivity contribution < 1.29 is 19.5 Å². The Balaban J connectivity index is 2.19. The number of benzene rings is 2. The van der Waals surface area contributed by atoms with Gasteiger partial charge in [-0.25, -0.2) is 0 Å². The summed E-state index contributed by atoms with van der Waals surface area (Å²) in [7, 11) is 3.05. The second-order valence-corrected chi connectivity index (χ2v) is 5.50. The van der Waals surface area contributed by atoms with Crippen LogP contribution in [0.4, 0.5) is 0 Å². The van der Waals surface area contributed by atoms with E-state index in [4.69, 9.17) is 9.57 Å². The van der Waals surface area contributed by atoms with Crippen molar-refractivity contribution in [3.05, 3.63) is 71.5 Å². The fourth-order valence-corrected chi connectivity index (χ4v) is 2.38. The largest absolute Gasteiger partial charge is 0.508 e. The number of carbonyl (C=O) groups is 1. The van der Waals surface area contributed by atoms with E-state index in [1.165, 1.54) is 13.4 Å². The molecule has 2 aromatic carbocycles.